The van der Waals surface area contributed by atoms with Crippen molar-refractivity contribution in [2.24, 2.45) is 0 Å². The lowest BCUT2D eigenvalue weighted by molar-refractivity contribution is -0.159. The monoisotopic (exact) mass is 405 g/mol. The quantitative estimate of drug-likeness (QED) is 0.740. The van der Waals surface area contributed by atoms with Crippen LogP contribution in [0.5, 0.6) is 0 Å². The topological polar surface area (TPSA) is 87.1 Å². The lowest BCUT2D eigenvalue weighted by Crippen LogP contribution is -2.46. The SMILES string of the molecule is Cc1ccccc1C1(CCN2CCCCC2)CCOC(C)(C)C1.O=C(O)C(=O)O. The van der Waals surface area contributed by atoms with Crippen molar-refractivity contribution < 1.29 is 24.5 Å². The summed E-state index contributed by atoms with van der Waals surface area (Å²) in [4.78, 5) is 20.9. The second-order valence-electron chi connectivity index (χ2n) is 8.89. The van der Waals surface area contributed by atoms with Crippen molar-refractivity contribution in [3.63, 3.8) is 0 Å². The van der Waals surface area contributed by atoms with Crippen LogP contribution in [-0.4, -0.2) is 58.9 Å². The van der Waals surface area contributed by atoms with Crippen molar-refractivity contribution in [3.8, 4) is 0 Å². The highest BCUT2D eigenvalue weighted by Gasteiger charge is 2.42. The van der Waals surface area contributed by atoms with E-state index < -0.39 is 11.9 Å². The minimum absolute atomic E-state index is 0.0115. The molecule has 2 saturated heterocycles. The number of carboxylic acids is 2. The van der Waals surface area contributed by atoms with Crippen LogP contribution in [0.15, 0.2) is 24.3 Å². The maximum Gasteiger partial charge on any atom is 0.414 e. The number of piperidine rings is 1. The molecule has 0 bridgehead atoms. The molecular formula is C23H35NO5. The number of hydrogen-bond acceptors (Lipinski definition) is 4. The second-order valence-corrected chi connectivity index (χ2v) is 8.89. The summed E-state index contributed by atoms with van der Waals surface area (Å²) in [5.74, 6) is -3.65. The molecule has 0 aromatic heterocycles. The fourth-order valence-electron chi connectivity index (χ4n) is 4.78. The molecule has 3 rings (SSSR count). The molecule has 2 fully saturated rings. The Hall–Kier alpha value is -1.92. The first kappa shape index (κ1) is 23.4. The molecule has 0 aliphatic carbocycles. The third kappa shape index (κ3) is 6.82. The molecule has 1 unspecified atom stereocenters. The van der Waals surface area contributed by atoms with Crippen molar-refractivity contribution in [1.29, 1.82) is 0 Å². The van der Waals surface area contributed by atoms with Gasteiger partial charge in [-0.2, -0.15) is 0 Å². The number of carbonyl (C=O) groups is 2. The van der Waals surface area contributed by atoms with Gasteiger partial charge in [0.1, 0.15) is 0 Å². The van der Waals surface area contributed by atoms with Gasteiger partial charge in [0.15, 0.2) is 0 Å². The Balaban J connectivity index is 0.000000438. The number of likely N-dealkylation sites (tertiary alicyclic amines) is 1. The smallest absolute Gasteiger partial charge is 0.414 e. The predicted octanol–water partition coefficient (Wildman–Crippen LogP) is 3.85. The normalized spacial score (nSPS) is 24.2. The molecule has 1 aromatic carbocycles. The van der Waals surface area contributed by atoms with E-state index in [-0.39, 0.29) is 11.0 Å². The zero-order chi connectivity index (χ0) is 21.5. The average molecular weight is 406 g/mol. The molecule has 0 saturated carbocycles. The van der Waals surface area contributed by atoms with Crippen LogP contribution in [-0.2, 0) is 19.7 Å². The predicted molar refractivity (Wildman–Crippen MR) is 112 cm³/mol. The fourth-order valence-corrected chi connectivity index (χ4v) is 4.78. The summed E-state index contributed by atoms with van der Waals surface area (Å²) in [6, 6.07) is 9.03. The van der Waals surface area contributed by atoms with E-state index in [0.717, 1.165) is 19.4 Å². The molecule has 2 heterocycles. The van der Waals surface area contributed by atoms with Gasteiger partial charge in [0.05, 0.1) is 5.60 Å². The zero-order valence-electron chi connectivity index (χ0n) is 17.9. The number of ether oxygens (including phenoxy) is 1. The van der Waals surface area contributed by atoms with E-state index in [0.29, 0.717) is 0 Å². The summed E-state index contributed by atoms with van der Waals surface area (Å²) in [6.07, 6.45) is 7.75. The maximum absolute atomic E-state index is 9.10. The van der Waals surface area contributed by atoms with Crippen molar-refractivity contribution in [2.75, 3.05) is 26.2 Å². The molecule has 1 aromatic rings. The maximum atomic E-state index is 9.10. The summed E-state index contributed by atoms with van der Waals surface area (Å²) >= 11 is 0. The van der Waals surface area contributed by atoms with Gasteiger partial charge < -0.3 is 19.8 Å². The third-order valence-corrected chi connectivity index (χ3v) is 6.09. The number of nitrogens with zero attached hydrogens (tertiary/aromatic N) is 1. The van der Waals surface area contributed by atoms with Gasteiger partial charge in [0.2, 0.25) is 0 Å². The minimum Gasteiger partial charge on any atom is -0.473 e. The molecule has 162 valence electrons. The van der Waals surface area contributed by atoms with Crippen LogP contribution in [0.1, 0.15) is 63.5 Å². The van der Waals surface area contributed by atoms with E-state index in [1.807, 2.05) is 0 Å². The van der Waals surface area contributed by atoms with Crippen LogP contribution in [0.4, 0.5) is 0 Å². The largest absolute Gasteiger partial charge is 0.473 e. The molecule has 1 atom stereocenters. The number of aliphatic carboxylic acids is 2. The summed E-state index contributed by atoms with van der Waals surface area (Å²) in [5.41, 5.74) is 3.28. The van der Waals surface area contributed by atoms with E-state index in [2.05, 4.69) is 49.9 Å². The number of hydrogen-bond donors (Lipinski definition) is 2. The van der Waals surface area contributed by atoms with Crippen LogP contribution >= 0.6 is 0 Å². The lowest BCUT2D eigenvalue weighted by atomic mass is 9.66. The number of benzene rings is 1. The van der Waals surface area contributed by atoms with Crippen molar-refractivity contribution in [2.45, 2.75) is 70.3 Å². The molecule has 0 amide bonds. The summed E-state index contributed by atoms with van der Waals surface area (Å²) in [6.45, 7) is 11.5. The fraction of sp³-hybridized carbons (Fsp3) is 0.652. The minimum atomic E-state index is -1.82. The van der Waals surface area contributed by atoms with E-state index in [9.17, 15) is 0 Å². The molecule has 2 aliphatic rings. The highest BCUT2D eigenvalue weighted by molar-refractivity contribution is 6.27. The Bertz CT molecular complexity index is 684. The van der Waals surface area contributed by atoms with Gasteiger partial charge in [0, 0.05) is 12.0 Å². The summed E-state index contributed by atoms with van der Waals surface area (Å²) in [5, 5.41) is 14.8. The zero-order valence-corrected chi connectivity index (χ0v) is 17.9. The molecule has 6 nitrogen and oxygen atoms in total. The van der Waals surface area contributed by atoms with Crippen LogP contribution in [0.2, 0.25) is 0 Å². The standard InChI is InChI=1S/C21H33NO.C2H2O4/c1-18-9-5-6-10-19(18)21(12-16-23-20(2,3)17-21)11-15-22-13-7-4-8-14-22;3-1(4)2(5)6/h5-6,9-10H,4,7-8,11-17H2,1-3H3;(H,3,4)(H,5,6). The Morgan fingerprint density at radius 1 is 1.07 bits per heavy atom. The summed E-state index contributed by atoms with van der Waals surface area (Å²) in [7, 11) is 0. The van der Waals surface area contributed by atoms with Gasteiger partial charge in [-0.25, -0.2) is 9.59 Å². The van der Waals surface area contributed by atoms with Crippen molar-refractivity contribution in [3.05, 3.63) is 35.4 Å². The molecular weight excluding hydrogens is 370 g/mol. The molecule has 6 heteroatoms. The molecule has 2 N–H and O–H groups in total. The van der Waals surface area contributed by atoms with Gasteiger partial charge >= 0.3 is 11.9 Å². The van der Waals surface area contributed by atoms with Gasteiger partial charge in [0.25, 0.3) is 0 Å². The van der Waals surface area contributed by atoms with Crippen LogP contribution in [0.3, 0.4) is 0 Å². The molecule has 0 spiro atoms. The first-order valence-corrected chi connectivity index (χ1v) is 10.5. The van der Waals surface area contributed by atoms with Crippen LogP contribution in [0.25, 0.3) is 0 Å². The molecule has 29 heavy (non-hydrogen) atoms. The molecule has 2 aliphatic heterocycles. The lowest BCUT2D eigenvalue weighted by Gasteiger charge is -2.47. The number of carboxylic acid groups (broad SMARTS) is 2. The van der Waals surface area contributed by atoms with E-state index in [1.54, 1.807) is 5.56 Å². The van der Waals surface area contributed by atoms with E-state index in [4.69, 9.17) is 24.5 Å². The Morgan fingerprint density at radius 3 is 2.24 bits per heavy atom. The molecule has 0 radical (unpaired) electrons. The first-order valence-electron chi connectivity index (χ1n) is 10.5. The number of rotatable bonds is 4. The third-order valence-electron chi connectivity index (χ3n) is 6.09. The Morgan fingerprint density at radius 2 is 1.69 bits per heavy atom. The average Bonchev–Trinajstić information content (AvgIpc) is 2.67. The highest BCUT2D eigenvalue weighted by atomic mass is 16.5. The van der Waals surface area contributed by atoms with Gasteiger partial charge in [-0.1, -0.05) is 30.7 Å². The second kappa shape index (κ2) is 10.2. The van der Waals surface area contributed by atoms with E-state index >= 15 is 0 Å². The first-order chi connectivity index (χ1) is 13.7. The van der Waals surface area contributed by atoms with E-state index in [1.165, 1.54) is 50.9 Å². The van der Waals surface area contributed by atoms with Crippen molar-refractivity contribution >= 4 is 11.9 Å². The van der Waals surface area contributed by atoms with Gasteiger partial charge in [-0.3, -0.25) is 0 Å². The highest BCUT2D eigenvalue weighted by Crippen LogP contribution is 2.45. The summed E-state index contributed by atoms with van der Waals surface area (Å²) < 4.78 is 6.06. The van der Waals surface area contributed by atoms with Crippen LogP contribution in [0, 0.1) is 6.92 Å². The number of aryl methyl sites for hydroxylation is 1. The van der Waals surface area contributed by atoms with Gasteiger partial charge in [-0.05, 0) is 83.6 Å². The van der Waals surface area contributed by atoms with Gasteiger partial charge in [-0.15, -0.1) is 0 Å². The Kier molecular flexibility index (Phi) is 8.23. The van der Waals surface area contributed by atoms with Crippen LogP contribution < -0.4 is 0 Å². The Labute approximate surface area is 173 Å². The van der Waals surface area contributed by atoms with Crippen molar-refractivity contribution in [1.82, 2.24) is 4.90 Å².